The Bertz CT molecular complexity index is 875. The van der Waals surface area contributed by atoms with Gasteiger partial charge in [-0.3, -0.25) is 14.4 Å². The van der Waals surface area contributed by atoms with Gasteiger partial charge in [0.15, 0.2) is 5.78 Å². The number of hydrogen-bond donors (Lipinski definition) is 3. The quantitative estimate of drug-likeness (QED) is 0.229. The first-order valence-electron chi connectivity index (χ1n) is 12.2. The molecule has 0 saturated heterocycles. The van der Waals surface area contributed by atoms with Crippen LogP contribution >= 0.6 is 0 Å². The summed E-state index contributed by atoms with van der Waals surface area (Å²) in [6.45, 7) is 11.1. The first-order chi connectivity index (χ1) is 16.9. The number of carboxylic acids is 1. The number of hydrogen-bond acceptors (Lipinski definition) is 6. The van der Waals surface area contributed by atoms with Crippen LogP contribution < -0.4 is 15.4 Å². The van der Waals surface area contributed by atoms with Crippen LogP contribution in [0.4, 0.5) is 4.79 Å². The predicted octanol–water partition coefficient (Wildman–Crippen LogP) is 4.04. The number of carbonyl (C=O) groups excluding carboxylic acids is 3. The summed E-state index contributed by atoms with van der Waals surface area (Å²) in [5.41, 5.74) is 0.251. The fourth-order valence-electron chi connectivity index (χ4n) is 3.50. The molecule has 2 atom stereocenters. The van der Waals surface area contributed by atoms with E-state index in [-0.39, 0.29) is 24.5 Å². The number of carbonyl (C=O) groups is 4. The van der Waals surface area contributed by atoms with Crippen LogP contribution in [0.15, 0.2) is 36.9 Å². The number of ketones is 1. The lowest BCUT2D eigenvalue weighted by Gasteiger charge is -2.20. The molecule has 0 spiro atoms. The summed E-state index contributed by atoms with van der Waals surface area (Å²) < 4.78 is 10.6. The van der Waals surface area contributed by atoms with Gasteiger partial charge in [0.1, 0.15) is 18.0 Å². The average molecular weight is 505 g/mol. The van der Waals surface area contributed by atoms with Gasteiger partial charge in [-0.2, -0.15) is 0 Å². The van der Waals surface area contributed by atoms with Gasteiger partial charge in [0.25, 0.3) is 0 Å². The number of carboxylic acid groups (broad SMARTS) is 1. The third-order valence-corrected chi connectivity index (χ3v) is 5.19. The Morgan fingerprint density at radius 2 is 1.75 bits per heavy atom. The number of benzene rings is 1. The van der Waals surface area contributed by atoms with Gasteiger partial charge < -0.3 is 25.2 Å². The SMILES string of the molecule is C=CCOc1ccc(C[C@H](NC(C)=O)C(=O)C[C@@H](CCCCCNC(=O)OC(C)(C)C)C(=O)O)cc1. The zero-order valence-electron chi connectivity index (χ0n) is 21.8. The maximum Gasteiger partial charge on any atom is 0.407 e. The number of aliphatic carboxylic acids is 1. The second kappa shape index (κ2) is 15.6. The standard InChI is InChI=1S/C27H40N2O7/c1-6-16-35-22-13-11-20(12-14-22)17-23(29-19(2)30)24(31)18-21(25(32)33)10-8-7-9-15-28-26(34)36-27(3,4)5/h6,11-14,21,23H,1,7-10,15-18H2,2-5H3,(H,28,34)(H,29,30)(H,32,33)/t21-,23+/m1/s1. The van der Waals surface area contributed by atoms with E-state index < -0.39 is 29.6 Å². The average Bonchev–Trinajstić information content (AvgIpc) is 2.77. The monoisotopic (exact) mass is 504 g/mol. The normalized spacial score (nSPS) is 12.7. The summed E-state index contributed by atoms with van der Waals surface area (Å²) in [6, 6.07) is 6.33. The van der Waals surface area contributed by atoms with E-state index >= 15 is 0 Å². The zero-order valence-corrected chi connectivity index (χ0v) is 21.8. The maximum absolute atomic E-state index is 13.0. The highest BCUT2D eigenvalue weighted by Gasteiger charge is 2.27. The Morgan fingerprint density at radius 3 is 2.31 bits per heavy atom. The van der Waals surface area contributed by atoms with Gasteiger partial charge in [-0.1, -0.05) is 37.6 Å². The summed E-state index contributed by atoms with van der Waals surface area (Å²) in [7, 11) is 0. The van der Waals surface area contributed by atoms with Crippen molar-refractivity contribution in [1.29, 1.82) is 0 Å². The molecule has 0 bridgehead atoms. The van der Waals surface area contributed by atoms with E-state index in [9.17, 15) is 24.3 Å². The van der Waals surface area contributed by atoms with E-state index in [1.54, 1.807) is 51.1 Å². The van der Waals surface area contributed by atoms with Gasteiger partial charge in [-0.15, -0.1) is 0 Å². The molecule has 0 radical (unpaired) electrons. The van der Waals surface area contributed by atoms with Crippen molar-refractivity contribution in [3.05, 3.63) is 42.5 Å². The molecule has 9 heteroatoms. The van der Waals surface area contributed by atoms with Crippen LogP contribution in [0.25, 0.3) is 0 Å². The van der Waals surface area contributed by atoms with Crippen molar-refractivity contribution < 1.29 is 33.8 Å². The minimum atomic E-state index is -1.04. The van der Waals surface area contributed by atoms with Gasteiger partial charge >= 0.3 is 12.1 Å². The van der Waals surface area contributed by atoms with Crippen LogP contribution in [0.1, 0.15) is 65.4 Å². The molecule has 0 fully saturated rings. The Kier molecular flexibility index (Phi) is 13.3. The van der Waals surface area contributed by atoms with E-state index in [2.05, 4.69) is 17.2 Å². The molecule has 0 aromatic heterocycles. The van der Waals surface area contributed by atoms with Crippen molar-refractivity contribution in [2.75, 3.05) is 13.2 Å². The summed E-state index contributed by atoms with van der Waals surface area (Å²) in [5, 5.41) is 14.9. The molecule has 1 rings (SSSR count). The smallest absolute Gasteiger partial charge is 0.407 e. The summed E-state index contributed by atoms with van der Waals surface area (Å²) >= 11 is 0. The van der Waals surface area contributed by atoms with Crippen LogP contribution in [0.3, 0.4) is 0 Å². The number of amides is 2. The Hall–Kier alpha value is -3.36. The van der Waals surface area contributed by atoms with Gasteiger partial charge in [0.2, 0.25) is 5.91 Å². The zero-order chi connectivity index (χ0) is 27.1. The predicted molar refractivity (Wildman–Crippen MR) is 137 cm³/mol. The van der Waals surface area contributed by atoms with Crippen molar-refractivity contribution in [2.24, 2.45) is 5.92 Å². The molecule has 0 unspecified atom stereocenters. The topological polar surface area (TPSA) is 131 Å². The largest absolute Gasteiger partial charge is 0.490 e. The fourth-order valence-corrected chi connectivity index (χ4v) is 3.50. The van der Waals surface area contributed by atoms with Crippen LogP contribution in [0, 0.1) is 5.92 Å². The lowest BCUT2D eigenvalue weighted by atomic mass is 9.91. The van der Waals surface area contributed by atoms with Crippen LogP contribution in [0.5, 0.6) is 5.75 Å². The second-order valence-electron chi connectivity index (χ2n) is 9.68. The third-order valence-electron chi connectivity index (χ3n) is 5.19. The van der Waals surface area contributed by atoms with E-state index in [1.165, 1.54) is 6.92 Å². The molecule has 0 heterocycles. The minimum absolute atomic E-state index is 0.170. The molecule has 9 nitrogen and oxygen atoms in total. The minimum Gasteiger partial charge on any atom is -0.490 e. The molecule has 0 aliphatic rings. The Morgan fingerprint density at radius 1 is 1.08 bits per heavy atom. The molecule has 200 valence electrons. The highest BCUT2D eigenvalue weighted by molar-refractivity contribution is 5.91. The fraction of sp³-hybridized carbons (Fsp3) is 0.556. The van der Waals surface area contributed by atoms with Crippen LogP contribution in [-0.2, 0) is 25.5 Å². The second-order valence-corrected chi connectivity index (χ2v) is 9.68. The van der Waals surface area contributed by atoms with Gasteiger partial charge in [-0.05, 0) is 57.7 Å². The number of rotatable bonds is 16. The first kappa shape index (κ1) is 30.7. The highest BCUT2D eigenvalue weighted by Crippen LogP contribution is 2.18. The lowest BCUT2D eigenvalue weighted by Crippen LogP contribution is -2.42. The van der Waals surface area contributed by atoms with Crippen molar-refractivity contribution in [3.8, 4) is 5.75 Å². The summed E-state index contributed by atoms with van der Waals surface area (Å²) in [5.74, 6) is -1.91. The highest BCUT2D eigenvalue weighted by atomic mass is 16.6. The molecule has 3 N–H and O–H groups in total. The maximum atomic E-state index is 13.0. The van der Waals surface area contributed by atoms with E-state index in [0.29, 0.717) is 44.6 Å². The molecular weight excluding hydrogens is 464 g/mol. The van der Waals surface area contributed by atoms with Gasteiger partial charge in [-0.25, -0.2) is 4.79 Å². The number of alkyl carbamates (subject to hydrolysis) is 1. The number of Topliss-reactive ketones (excluding diaryl/α,β-unsaturated/α-hetero) is 1. The van der Waals surface area contributed by atoms with Crippen LogP contribution in [-0.4, -0.2) is 53.7 Å². The Balaban J connectivity index is 2.58. The number of ether oxygens (including phenoxy) is 2. The molecule has 0 aliphatic carbocycles. The van der Waals surface area contributed by atoms with Crippen LogP contribution in [0.2, 0.25) is 0 Å². The van der Waals surface area contributed by atoms with Crippen molar-refractivity contribution in [2.45, 2.75) is 77.9 Å². The molecule has 1 aromatic rings. The van der Waals surface area contributed by atoms with E-state index in [0.717, 1.165) is 5.56 Å². The number of nitrogens with one attached hydrogen (secondary N) is 2. The number of unbranched alkanes of at least 4 members (excludes halogenated alkanes) is 2. The van der Waals surface area contributed by atoms with Crippen molar-refractivity contribution in [1.82, 2.24) is 10.6 Å². The van der Waals surface area contributed by atoms with E-state index in [4.69, 9.17) is 9.47 Å². The van der Waals surface area contributed by atoms with Crippen molar-refractivity contribution in [3.63, 3.8) is 0 Å². The van der Waals surface area contributed by atoms with Gasteiger partial charge in [0, 0.05) is 19.9 Å². The lowest BCUT2D eigenvalue weighted by molar-refractivity contribution is -0.144. The molecule has 2 amide bonds. The Labute approximate surface area is 213 Å². The first-order valence-corrected chi connectivity index (χ1v) is 12.2. The summed E-state index contributed by atoms with van der Waals surface area (Å²) in [6.07, 6.45) is 3.52. The third kappa shape index (κ3) is 13.5. The van der Waals surface area contributed by atoms with Gasteiger partial charge in [0.05, 0.1) is 12.0 Å². The molecule has 36 heavy (non-hydrogen) atoms. The molecule has 1 aromatic carbocycles. The molecular formula is C27H40N2O7. The summed E-state index contributed by atoms with van der Waals surface area (Å²) in [4.78, 5) is 48.1. The molecule has 0 aliphatic heterocycles. The molecule has 0 saturated carbocycles. The van der Waals surface area contributed by atoms with Crippen molar-refractivity contribution >= 4 is 23.8 Å². The van der Waals surface area contributed by atoms with E-state index in [1.807, 2.05) is 0 Å².